The Morgan fingerprint density at radius 3 is 2.39 bits per heavy atom. The normalized spacial score (nSPS) is 10.5. The predicted octanol–water partition coefficient (Wildman–Crippen LogP) is 3.18. The van der Waals surface area contributed by atoms with Gasteiger partial charge in [0.25, 0.3) is 0 Å². The van der Waals surface area contributed by atoms with Crippen LogP contribution in [0.3, 0.4) is 0 Å². The molecule has 0 fully saturated rings. The van der Waals surface area contributed by atoms with Crippen LogP contribution in [-0.2, 0) is 0 Å². The van der Waals surface area contributed by atoms with Gasteiger partial charge < -0.3 is 5.43 Å². The molecular weight excluding hydrogens is 278 g/mol. The van der Waals surface area contributed by atoms with Crippen molar-refractivity contribution in [3.63, 3.8) is 0 Å². The van der Waals surface area contributed by atoms with Crippen molar-refractivity contribution >= 4 is 29.0 Å². The number of anilines is 1. The number of nitrogens with two attached hydrogens (primary N) is 1. The molecule has 0 spiro atoms. The van der Waals surface area contributed by atoms with Crippen LogP contribution >= 0.6 is 23.2 Å². The Morgan fingerprint density at radius 2 is 1.83 bits per heavy atom. The minimum absolute atomic E-state index is 0.103. The van der Waals surface area contributed by atoms with Gasteiger partial charge in [0.1, 0.15) is 0 Å². The second-order valence-electron chi connectivity index (χ2n) is 3.54. The molecule has 0 unspecified atom stereocenters. The largest absolute Gasteiger partial charge is 0.306 e. The molecule has 94 valence electrons. The van der Waals surface area contributed by atoms with Gasteiger partial charge in [0.2, 0.25) is 0 Å². The minimum Gasteiger partial charge on any atom is -0.306 e. The average Bonchev–Trinajstić information content (AvgIpc) is 2.33. The van der Waals surface area contributed by atoms with Crippen molar-refractivity contribution in [1.82, 2.24) is 9.97 Å². The second-order valence-corrected chi connectivity index (χ2v) is 4.35. The van der Waals surface area contributed by atoms with Crippen LogP contribution in [0, 0.1) is 12.7 Å². The van der Waals surface area contributed by atoms with Gasteiger partial charge in [0, 0.05) is 0 Å². The zero-order chi connectivity index (χ0) is 13.3. The molecule has 18 heavy (non-hydrogen) atoms. The van der Waals surface area contributed by atoms with E-state index in [4.69, 9.17) is 29.0 Å². The Labute approximate surface area is 113 Å². The molecule has 0 bridgehead atoms. The third-order valence-electron chi connectivity index (χ3n) is 2.34. The highest BCUT2D eigenvalue weighted by molar-refractivity contribution is 6.38. The molecule has 0 radical (unpaired) electrons. The van der Waals surface area contributed by atoms with E-state index in [1.165, 1.54) is 6.92 Å². The Hall–Kier alpha value is -1.43. The Kier molecular flexibility index (Phi) is 3.65. The molecule has 0 amide bonds. The molecule has 7 heteroatoms. The van der Waals surface area contributed by atoms with Crippen LogP contribution in [0.5, 0.6) is 0 Å². The molecule has 0 atom stereocenters. The van der Waals surface area contributed by atoms with E-state index in [0.717, 1.165) is 0 Å². The lowest BCUT2D eigenvalue weighted by Crippen LogP contribution is -2.13. The number of benzene rings is 1. The highest BCUT2D eigenvalue weighted by Crippen LogP contribution is 2.33. The molecule has 2 rings (SSSR count). The SMILES string of the molecule is Cc1nc(-c2c(Cl)cccc2Cl)nc(NN)c1F. The third-order valence-corrected chi connectivity index (χ3v) is 2.97. The van der Waals surface area contributed by atoms with Gasteiger partial charge in [-0.1, -0.05) is 29.3 Å². The lowest BCUT2D eigenvalue weighted by atomic mass is 10.2. The summed E-state index contributed by atoms with van der Waals surface area (Å²) >= 11 is 12.1. The van der Waals surface area contributed by atoms with Crippen molar-refractivity contribution in [2.24, 2.45) is 5.84 Å². The number of hydrogen-bond donors (Lipinski definition) is 2. The summed E-state index contributed by atoms with van der Waals surface area (Å²) in [7, 11) is 0. The molecule has 1 aromatic heterocycles. The zero-order valence-corrected chi connectivity index (χ0v) is 10.8. The van der Waals surface area contributed by atoms with Crippen LogP contribution < -0.4 is 11.3 Å². The summed E-state index contributed by atoms with van der Waals surface area (Å²) in [6, 6.07) is 5.01. The van der Waals surface area contributed by atoms with E-state index in [2.05, 4.69) is 15.4 Å². The molecule has 1 heterocycles. The van der Waals surface area contributed by atoms with E-state index < -0.39 is 5.82 Å². The summed E-state index contributed by atoms with van der Waals surface area (Å²) in [5, 5.41) is 0.771. The lowest BCUT2D eigenvalue weighted by molar-refractivity contribution is 0.606. The standard InChI is InChI=1S/C11H9Cl2FN4/c1-5-9(14)11(18-15)17-10(16-5)8-6(12)3-2-4-7(8)13/h2-4H,15H2,1H3,(H,16,17,18). The lowest BCUT2D eigenvalue weighted by Gasteiger charge is -2.09. The maximum absolute atomic E-state index is 13.6. The van der Waals surface area contributed by atoms with Crippen molar-refractivity contribution < 1.29 is 4.39 Å². The maximum atomic E-state index is 13.6. The fourth-order valence-corrected chi connectivity index (χ4v) is 2.04. The number of hydrogen-bond acceptors (Lipinski definition) is 4. The topological polar surface area (TPSA) is 63.8 Å². The smallest absolute Gasteiger partial charge is 0.187 e. The van der Waals surface area contributed by atoms with Gasteiger partial charge in [-0.25, -0.2) is 20.2 Å². The monoisotopic (exact) mass is 286 g/mol. The van der Waals surface area contributed by atoms with Crippen LogP contribution in [0.1, 0.15) is 5.69 Å². The first-order valence-corrected chi connectivity index (χ1v) is 5.75. The molecule has 1 aromatic carbocycles. The Bertz CT molecular complexity index is 584. The Balaban J connectivity index is 2.68. The van der Waals surface area contributed by atoms with E-state index in [1.54, 1.807) is 18.2 Å². The van der Waals surface area contributed by atoms with Gasteiger partial charge in [0.05, 0.1) is 21.3 Å². The third kappa shape index (κ3) is 2.25. The first kappa shape index (κ1) is 13.0. The van der Waals surface area contributed by atoms with Crippen LogP contribution in [0.4, 0.5) is 10.2 Å². The number of aromatic nitrogens is 2. The van der Waals surface area contributed by atoms with Gasteiger partial charge in [-0.15, -0.1) is 0 Å². The summed E-state index contributed by atoms with van der Waals surface area (Å²) in [4.78, 5) is 7.98. The van der Waals surface area contributed by atoms with Gasteiger partial charge in [-0.05, 0) is 19.1 Å². The first-order valence-electron chi connectivity index (χ1n) is 4.99. The fourth-order valence-electron chi connectivity index (χ4n) is 1.48. The molecule has 2 aromatic rings. The number of rotatable bonds is 2. The van der Waals surface area contributed by atoms with Crippen molar-refractivity contribution in [3.8, 4) is 11.4 Å². The van der Waals surface area contributed by atoms with Crippen LogP contribution in [0.2, 0.25) is 10.0 Å². The van der Waals surface area contributed by atoms with Crippen LogP contribution in [0.25, 0.3) is 11.4 Å². The summed E-state index contributed by atoms with van der Waals surface area (Å²) in [6.45, 7) is 1.51. The highest BCUT2D eigenvalue weighted by Gasteiger charge is 2.16. The van der Waals surface area contributed by atoms with Gasteiger partial charge >= 0.3 is 0 Å². The number of nitrogen functional groups attached to an aromatic ring is 1. The number of aryl methyl sites for hydroxylation is 1. The Morgan fingerprint density at radius 1 is 1.22 bits per heavy atom. The van der Waals surface area contributed by atoms with Crippen molar-refractivity contribution in [1.29, 1.82) is 0 Å². The highest BCUT2D eigenvalue weighted by atomic mass is 35.5. The molecule has 0 aliphatic carbocycles. The number of hydrazine groups is 1. The number of nitrogens with zero attached hydrogens (tertiary/aromatic N) is 2. The van der Waals surface area contributed by atoms with Gasteiger partial charge in [0.15, 0.2) is 17.5 Å². The quantitative estimate of drug-likeness (QED) is 0.657. The van der Waals surface area contributed by atoms with E-state index >= 15 is 0 Å². The molecular formula is C11H9Cl2FN4. The van der Waals surface area contributed by atoms with Gasteiger partial charge in [-0.3, -0.25) is 0 Å². The summed E-state index contributed by atoms with van der Waals surface area (Å²) in [5.74, 6) is 4.71. The summed E-state index contributed by atoms with van der Waals surface area (Å²) in [5.41, 5.74) is 2.77. The fraction of sp³-hybridized carbons (Fsp3) is 0.0909. The number of halogens is 3. The van der Waals surface area contributed by atoms with Crippen molar-refractivity contribution in [3.05, 3.63) is 39.8 Å². The summed E-state index contributed by atoms with van der Waals surface area (Å²) in [6.07, 6.45) is 0. The van der Waals surface area contributed by atoms with Crippen molar-refractivity contribution in [2.45, 2.75) is 6.92 Å². The molecule has 0 aliphatic heterocycles. The molecule has 0 saturated carbocycles. The predicted molar refractivity (Wildman–Crippen MR) is 70.0 cm³/mol. The molecule has 4 nitrogen and oxygen atoms in total. The molecule has 3 N–H and O–H groups in total. The van der Waals surface area contributed by atoms with E-state index in [9.17, 15) is 4.39 Å². The van der Waals surface area contributed by atoms with Gasteiger partial charge in [-0.2, -0.15) is 0 Å². The minimum atomic E-state index is -0.607. The second kappa shape index (κ2) is 5.06. The van der Waals surface area contributed by atoms with E-state index in [-0.39, 0.29) is 17.3 Å². The zero-order valence-electron chi connectivity index (χ0n) is 9.34. The summed E-state index contributed by atoms with van der Waals surface area (Å²) < 4.78 is 13.6. The van der Waals surface area contributed by atoms with Crippen LogP contribution in [0.15, 0.2) is 18.2 Å². The number of nitrogens with one attached hydrogen (secondary N) is 1. The molecule has 0 saturated heterocycles. The molecule has 0 aliphatic rings. The average molecular weight is 287 g/mol. The maximum Gasteiger partial charge on any atom is 0.187 e. The van der Waals surface area contributed by atoms with Crippen molar-refractivity contribution in [2.75, 3.05) is 5.43 Å². The van der Waals surface area contributed by atoms with E-state index in [1.807, 2.05) is 0 Å². The van der Waals surface area contributed by atoms with E-state index in [0.29, 0.717) is 15.6 Å². The first-order chi connectivity index (χ1) is 8.54. The van der Waals surface area contributed by atoms with Crippen LogP contribution in [-0.4, -0.2) is 9.97 Å².